The molecule has 2 aromatic rings. The van der Waals surface area contributed by atoms with Crippen LogP contribution in [0.15, 0.2) is 16.3 Å². The number of thiazole rings is 1. The van der Waals surface area contributed by atoms with Gasteiger partial charge in [-0.25, -0.2) is 4.98 Å². The van der Waals surface area contributed by atoms with E-state index in [1.54, 1.807) is 10.2 Å². The first-order chi connectivity index (χ1) is 8.30. The fourth-order valence-corrected chi connectivity index (χ4v) is 3.26. The van der Waals surface area contributed by atoms with E-state index in [1.807, 2.05) is 13.2 Å². The topological polar surface area (TPSA) is 50.9 Å². The Bertz CT molecular complexity index is 556. The Labute approximate surface area is 119 Å². The van der Waals surface area contributed by atoms with Crippen molar-refractivity contribution in [2.45, 2.75) is 32.3 Å². The van der Waals surface area contributed by atoms with Crippen LogP contribution in [0.5, 0.6) is 0 Å². The number of aryl methyl sites for hydroxylation is 1. The summed E-state index contributed by atoms with van der Waals surface area (Å²) in [4.78, 5) is 4.92. The minimum absolute atomic E-state index is 0.102. The Morgan fingerprint density at radius 1 is 1.44 bits per heavy atom. The van der Waals surface area contributed by atoms with Gasteiger partial charge < -0.3 is 5.11 Å². The normalized spacial score (nSPS) is 13.9. The predicted molar refractivity (Wildman–Crippen MR) is 75.8 cm³/mol. The summed E-state index contributed by atoms with van der Waals surface area (Å²) < 4.78 is 2.44. The molecule has 0 fully saturated rings. The highest BCUT2D eigenvalue weighted by Gasteiger charge is 2.28. The van der Waals surface area contributed by atoms with Gasteiger partial charge in [0.25, 0.3) is 0 Å². The lowest BCUT2D eigenvalue weighted by Gasteiger charge is -2.19. The molecule has 4 nitrogen and oxygen atoms in total. The van der Waals surface area contributed by atoms with Crippen molar-refractivity contribution < 1.29 is 5.11 Å². The third-order valence-electron chi connectivity index (χ3n) is 2.66. The molecule has 0 saturated carbocycles. The third kappa shape index (κ3) is 2.50. The van der Waals surface area contributed by atoms with Gasteiger partial charge in [0.15, 0.2) is 0 Å². The number of aromatic nitrogens is 3. The van der Waals surface area contributed by atoms with Crippen LogP contribution >= 0.6 is 27.3 Å². The van der Waals surface area contributed by atoms with Gasteiger partial charge in [-0.1, -0.05) is 20.8 Å². The smallest absolute Gasteiger partial charge is 0.123 e. The number of nitrogens with zero attached hydrogens (tertiary/aromatic N) is 3. The Morgan fingerprint density at radius 2 is 2.11 bits per heavy atom. The van der Waals surface area contributed by atoms with Crippen LogP contribution in [0.25, 0.3) is 0 Å². The van der Waals surface area contributed by atoms with E-state index >= 15 is 0 Å². The minimum Gasteiger partial charge on any atom is -0.383 e. The third-order valence-corrected chi connectivity index (χ3v) is 4.44. The van der Waals surface area contributed by atoms with Crippen LogP contribution in [0.4, 0.5) is 0 Å². The second-order valence-corrected chi connectivity index (χ2v) is 6.90. The molecule has 0 radical (unpaired) electrons. The predicted octanol–water partition coefficient (Wildman–Crippen LogP) is 3.02. The van der Waals surface area contributed by atoms with E-state index in [-0.39, 0.29) is 5.41 Å². The summed E-state index contributed by atoms with van der Waals surface area (Å²) >= 11 is 4.79. The highest BCUT2D eigenvalue weighted by molar-refractivity contribution is 9.10. The molecule has 98 valence electrons. The summed E-state index contributed by atoms with van der Waals surface area (Å²) in [7, 11) is 1.87. The van der Waals surface area contributed by atoms with Gasteiger partial charge in [-0.05, 0) is 15.9 Å². The molecule has 1 atom stereocenters. The molecule has 0 aliphatic heterocycles. The molecule has 1 N–H and O–H groups in total. The summed E-state index contributed by atoms with van der Waals surface area (Å²) in [6.07, 6.45) is 1.19. The van der Waals surface area contributed by atoms with Crippen molar-refractivity contribution in [3.05, 3.63) is 32.4 Å². The summed E-state index contributed by atoms with van der Waals surface area (Å²) in [5, 5.41) is 15.0. The van der Waals surface area contributed by atoms with E-state index in [4.69, 9.17) is 0 Å². The highest BCUT2D eigenvalue weighted by atomic mass is 79.9. The van der Waals surface area contributed by atoms with Crippen LogP contribution in [-0.2, 0) is 12.5 Å². The zero-order valence-corrected chi connectivity index (χ0v) is 13.2. The molecule has 0 amide bonds. The molecule has 18 heavy (non-hydrogen) atoms. The van der Waals surface area contributed by atoms with Crippen molar-refractivity contribution in [2.75, 3.05) is 0 Å². The van der Waals surface area contributed by atoms with Gasteiger partial charge >= 0.3 is 0 Å². The summed E-state index contributed by atoms with van der Waals surface area (Å²) in [5.41, 5.74) is 3.37. The monoisotopic (exact) mass is 329 g/mol. The van der Waals surface area contributed by atoms with E-state index in [9.17, 15) is 5.11 Å². The molecular weight excluding hydrogens is 314 g/mol. The molecular formula is C12H16BrN3OS. The standard InChI is InChI=1S/C12H16BrN3OS/c1-12(2,3)10-7(5-16(4)15-10)8(17)9-11(13)14-6-18-9/h5-6,8,17H,1-4H3. The second-order valence-electron chi connectivity index (χ2n) is 5.27. The molecule has 0 saturated heterocycles. The second kappa shape index (κ2) is 4.75. The van der Waals surface area contributed by atoms with E-state index in [0.29, 0.717) is 4.60 Å². The molecule has 0 aliphatic rings. The van der Waals surface area contributed by atoms with Gasteiger partial charge in [-0.3, -0.25) is 4.68 Å². The number of aliphatic hydroxyl groups is 1. The Kier molecular flexibility index (Phi) is 3.62. The van der Waals surface area contributed by atoms with E-state index in [1.165, 1.54) is 11.3 Å². The van der Waals surface area contributed by atoms with Gasteiger partial charge in [-0.15, -0.1) is 11.3 Å². The van der Waals surface area contributed by atoms with Gasteiger partial charge in [0.05, 0.1) is 16.1 Å². The molecule has 0 aliphatic carbocycles. The zero-order valence-electron chi connectivity index (χ0n) is 10.8. The Balaban J connectivity index is 2.49. The number of halogens is 1. The number of aliphatic hydroxyl groups excluding tert-OH is 1. The molecule has 6 heteroatoms. The SMILES string of the molecule is Cn1cc(C(O)c2scnc2Br)c(C(C)(C)C)n1. The van der Waals surface area contributed by atoms with Gasteiger partial charge in [0.2, 0.25) is 0 Å². The van der Waals surface area contributed by atoms with Crippen LogP contribution < -0.4 is 0 Å². The van der Waals surface area contributed by atoms with Crippen molar-refractivity contribution in [3.63, 3.8) is 0 Å². The van der Waals surface area contributed by atoms with E-state index in [0.717, 1.165) is 16.1 Å². The summed E-state index contributed by atoms with van der Waals surface area (Å²) in [5.74, 6) is 0. The number of hydrogen-bond donors (Lipinski definition) is 1. The van der Waals surface area contributed by atoms with Crippen molar-refractivity contribution in [3.8, 4) is 0 Å². The molecule has 0 spiro atoms. The zero-order chi connectivity index (χ0) is 13.5. The maximum atomic E-state index is 10.5. The quantitative estimate of drug-likeness (QED) is 0.921. The van der Waals surface area contributed by atoms with Crippen LogP contribution in [0.2, 0.25) is 0 Å². The minimum atomic E-state index is -0.685. The fraction of sp³-hybridized carbons (Fsp3) is 0.500. The summed E-state index contributed by atoms with van der Waals surface area (Å²) in [6.45, 7) is 6.27. The Hall–Kier alpha value is -0.720. The molecule has 2 heterocycles. The van der Waals surface area contributed by atoms with Crippen LogP contribution in [0.1, 0.15) is 43.0 Å². The fourth-order valence-electron chi connectivity index (χ4n) is 1.85. The van der Waals surface area contributed by atoms with Gasteiger partial charge in [0.1, 0.15) is 10.7 Å². The molecule has 0 bridgehead atoms. The van der Waals surface area contributed by atoms with Crippen LogP contribution in [0, 0.1) is 0 Å². The lowest BCUT2D eigenvalue weighted by Crippen LogP contribution is -2.16. The van der Waals surface area contributed by atoms with Crippen LogP contribution in [0.3, 0.4) is 0 Å². The maximum Gasteiger partial charge on any atom is 0.123 e. The first-order valence-corrected chi connectivity index (χ1v) is 7.29. The van der Waals surface area contributed by atoms with E-state index in [2.05, 4.69) is 46.8 Å². The van der Waals surface area contributed by atoms with E-state index < -0.39 is 6.10 Å². The highest BCUT2D eigenvalue weighted by Crippen LogP contribution is 2.35. The largest absolute Gasteiger partial charge is 0.383 e. The van der Waals surface area contributed by atoms with Gasteiger partial charge in [-0.2, -0.15) is 5.10 Å². The molecule has 2 rings (SSSR count). The maximum absolute atomic E-state index is 10.5. The lowest BCUT2D eigenvalue weighted by atomic mass is 9.88. The lowest BCUT2D eigenvalue weighted by molar-refractivity contribution is 0.220. The average Bonchev–Trinajstić information content (AvgIpc) is 2.82. The first kappa shape index (κ1) is 13.7. The van der Waals surface area contributed by atoms with Crippen molar-refractivity contribution >= 4 is 27.3 Å². The number of hydrogen-bond acceptors (Lipinski definition) is 4. The number of rotatable bonds is 2. The van der Waals surface area contributed by atoms with Crippen LogP contribution in [-0.4, -0.2) is 19.9 Å². The first-order valence-electron chi connectivity index (χ1n) is 5.61. The van der Waals surface area contributed by atoms with Gasteiger partial charge in [0, 0.05) is 24.2 Å². The average molecular weight is 330 g/mol. The van der Waals surface area contributed by atoms with Crippen molar-refractivity contribution in [1.82, 2.24) is 14.8 Å². The summed E-state index contributed by atoms with van der Waals surface area (Å²) in [6, 6.07) is 0. The molecule has 1 unspecified atom stereocenters. The van der Waals surface area contributed by atoms with Crippen molar-refractivity contribution in [2.24, 2.45) is 7.05 Å². The van der Waals surface area contributed by atoms with Crippen molar-refractivity contribution in [1.29, 1.82) is 0 Å². The molecule has 0 aromatic carbocycles. The molecule has 2 aromatic heterocycles. The Morgan fingerprint density at radius 3 is 2.61 bits per heavy atom.